The molecule has 12 heteroatoms. The maximum atomic E-state index is 13.2. The number of hydrogen-bond donors (Lipinski definition) is 2. The lowest BCUT2D eigenvalue weighted by atomic mass is 10.2. The molecule has 0 fully saturated rings. The zero-order valence-corrected chi connectivity index (χ0v) is 18.5. The molecule has 0 aliphatic rings. The Balaban J connectivity index is 1.55. The summed E-state index contributed by atoms with van der Waals surface area (Å²) in [5, 5.41) is 4.73. The molecule has 2 aromatic heterocycles. The van der Waals surface area contributed by atoms with Crippen LogP contribution in [-0.4, -0.2) is 30.9 Å². The predicted molar refractivity (Wildman–Crippen MR) is 120 cm³/mol. The predicted octanol–water partition coefficient (Wildman–Crippen LogP) is 4.30. The zero-order chi connectivity index (χ0) is 22.7. The van der Waals surface area contributed by atoms with E-state index in [4.69, 9.17) is 16.3 Å². The second kappa shape index (κ2) is 9.07. The molecule has 2 heterocycles. The Hall–Kier alpha value is -3.28. The van der Waals surface area contributed by atoms with Gasteiger partial charge in [0.15, 0.2) is 11.7 Å². The fraction of sp³-hybridized carbons (Fsp3) is 0.0500. The Morgan fingerprint density at radius 3 is 2.75 bits per heavy atom. The van der Waals surface area contributed by atoms with Crippen molar-refractivity contribution in [3.05, 3.63) is 71.1 Å². The van der Waals surface area contributed by atoms with Gasteiger partial charge in [-0.2, -0.15) is 0 Å². The molecule has 0 aliphatic heterocycles. The van der Waals surface area contributed by atoms with Gasteiger partial charge < -0.3 is 10.1 Å². The summed E-state index contributed by atoms with van der Waals surface area (Å²) in [6.07, 6.45) is 2.97. The molecule has 32 heavy (non-hydrogen) atoms. The monoisotopic (exact) mass is 492 g/mol. The highest BCUT2D eigenvalue weighted by atomic mass is 35.5. The average Bonchev–Trinajstić information content (AvgIpc) is 3.27. The van der Waals surface area contributed by atoms with Gasteiger partial charge in [-0.3, -0.25) is 14.5 Å². The molecule has 0 unspecified atom stereocenters. The third kappa shape index (κ3) is 4.79. The molecule has 0 saturated heterocycles. The van der Waals surface area contributed by atoms with E-state index in [9.17, 15) is 17.6 Å². The largest absolute Gasteiger partial charge is 0.484 e. The third-order valence-electron chi connectivity index (χ3n) is 4.21. The maximum Gasteiger partial charge on any atom is 0.264 e. The highest BCUT2D eigenvalue weighted by Crippen LogP contribution is 2.29. The van der Waals surface area contributed by atoms with E-state index in [1.165, 1.54) is 36.7 Å². The smallest absolute Gasteiger partial charge is 0.264 e. The Bertz CT molecular complexity index is 1400. The molecule has 8 nitrogen and oxygen atoms in total. The summed E-state index contributed by atoms with van der Waals surface area (Å²) in [6.45, 7) is -0.373. The van der Waals surface area contributed by atoms with Gasteiger partial charge in [0.1, 0.15) is 11.6 Å². The highest BCUT2D eigenvalue weighted by molar-refractivity contribution is 7.93. The maximum absolute atomic E-state index is 13.2. The van der Waals surface area contributed by atoms with Gasteiger partial charge in [0.2, 0.25) is 0 Å². The molecule has 0 bridgehead atoms. The van der Waals surface area contributed by atoms with Crippen molar-refractivity contribution in [2.75, 3.05) is 16.6 Å². The quantitative estimate of drug-likeness (QED) is 0.398. The lowest BCUT2D eigenvalue weighted by molar-refractivity contribution is -0.118. The van der Waals surface area contributed by atoms with E-state index in [-0.39, 0.29) is 32.9 Å². The van der Waals surface area contributed by atoms with Crippen molar-refractivity contribution >= 4 is 60.6 Å². The summed E-state index contributed by atoms with van der Waals surface area (Å²) < 4.78 is 46.7. The Labute approximate surface area is 191 Å². The minimum atomic E-state index is -3.93. The Morgan fingerprint density at radius 2 is 2.00 bits per heavy atom. The van der Waals surface area contributed by atoms with Crippen molar-refractivity contribution < 1.29 is 22.3 Å². The van der Waals surface area contributed by atoms with Crippen LogP contribution in [0.15, 0.2) is 65.1 Å². The van der Waals surface area contributed by atoms with Crippen LogP contribution in [0.3, 0.4) is 0 Å². The molecule has 0 aliphatic carbocycles. The van der Waals surface area contributed by atoms with Crippen LogP contribution >= 0.6 is 22.9 Å². The third-order valence-corrected chi connectivity index (χ3v) is 6.71. The van der Waals surface area contributed by atoms with Crippen LogP contribution in [0.5, 0.6) is 5.75 Å². The summed E-state index contributed by atoms with van der Waals surface area (Å²) in [7, 11) is -3.93. The molecule has 0 saturated carbocycles. The zero-order valence-electron chi connectivity index (χ0n) is 16.1. The van der Waals surface area contributed by atoms with Crippen LogP contribution in [-0.2, 0) is 14.8 Å². The highest BCUT2D eigenvalue weighted by Gasteiger charge is 2.21. The van der Waals surface area contributed by atoms with Crippen molar-refractivity contribution in [1.82, 2.24) is 9.97 Å². The summed E-state index contributed by atoms with van der Waals surface area (Å²) >= 11 is 6.85. The first-order valence-corrected chi connectivity index (χ1v) is 11.8. The number of anilines is 2. The van der Waals surface area contributed by atoms with Crippen molar-refractivity contribution in [1.29, 1.82) is 0 Å². The first-order chi connectivity index (χ1) is 15.3. The number of ether oxygens (including phenoxy) is 1. The number of carbonyl (C=O) groups is 1. The standard InChI is InChI=1S/C20H14ClFN4O4S2/c21-14-10-12(3-4-15(14)22)30-11-18(27)25-16-5-6-17(13-2-1-7-23-19(13)16)32(28,29)26-20-24-8-9-31-20/h1-10H,11H2,(H,24,26)(H,25,27). The Morgan fingerprint density at radius 1 is 1.16 bits per heavy atom. The number of aromatic nitrogens is 2. The number of amides is 1. The first kappa shape index (κ1) is 21.9. The van der Waals surface area contributed by atoms with Gasteiger partial charge in [0.25, 0.3) is 15.9 Å². The number of pyridine rings is 1. The molecule has 4 aromatic rings. The van der Waals surface area contributed by atoms with Crippen LogP contribution in [0.4, 0.5) is 15.2 Å². The van der Waals surface area contributed by atoms with Gasteiger partial charge in [-0.25, -0.2) is 17.8 Å². The molecule has 0 spiro atoms. The molecule has 2 aromatic carbocycles. The molecular weight excluding hydrogens is 479 g/mol. The van der Waals surface area contributed by atoms with Crippen LogP contribution in [0, 0.1) is 5.82 Å². The minimum absolute atomic E-state index is 0.00833. The number of rotatable bonds is 7. The molecule has 0 radical (unpaired) electrons. The molecule has 1 amide bonds. The normalized spacial score (nSPS) is 11.3. The number of halogens is 2. The fourth-order valence-electron chi connectivity index (χ4n) is 2.83. The van der Waals surface area contributed by atoms with Gasteiger partial charge in [0, 0.05) is 29.2 Å². The van der Waals surface area contributed by atoms with E-state index >= 15 is 0 Å². The van der Waals surface area contributed by atoms with E-state index in [1.54, 1.807) is 17.5 Å². The summed E-state index contributed by atoms with van der Waals surface area (Å²) in [5.41, 5.74) is 0.590. The van der Waals surface area contributed by atoms with Gasteiger partial charge >= 0.3 is 0 Å². The number of benzene rings is 2. The van der Waals surface area contributed by atoms with Crippen LogP contribution in [0.25, 0.3) is 10.9 Å². The minimum Gasteiger partial charge on any atom is -0.484 e. The number of nitrogens with one attached hydrogen (secondary N) is 2. The van der Waals surface area contributed by atoms with Gasteiger partial charge in [0.05, 0.1) is 21.1 Å². The van der Waals surface area contributed by atoms with E-state index in [2.05, 4.69) is 20.0 Å². The molecule has 0 atom stereocenters. The topological polar surface area (TPSA) is 110 Å². The second-order valence-electron chi connectivity index (χ2n) is 6.37. The van der Waals surface area contributed by atoms with Gasteiger partial charge in [-0.15, -0.1) is 11.3 Å². The van der Waals surface area contributed by atoms with Gasteiger partial charge in [-0.1, -0.05) is 11.6 Å². The van der Waals surface area contributed by atoms with Crippen molar-refractivity contribution in [2.45, 2.75) is 4.90 Å². The lowest BCUT2D eigenvalue weighted by Crippen LogP contribution is -2.21. The van der Waals surface area contributed by atoms with E-state index in [1.807, 2.05) is 0 Å². The number of nitrogens with zero attached hydrogens (tertiary/aromatic N) is 2. The molecule has 164 valence electrons. The Kier molecular flexibility index (Phi) is 6.21. The summed E-state index contributed by atoms with van der Waals surface area (Å²) in [4.78, 5) is 20.5. The SMILES string of the molecule is O=C(COc1ccc(F)c(Cl)c1)Nc1ccc(S(=O)(=O)Nc2nccs2)c2cccnc12. The van der Waals surface area contributed by atoms with Crippen LogP contribution in [0.2, 0.25) is 5.02 Å². The van der Waals surface area contributed by atoms with E-state index in [0.29, 0.717) is 11.1 Å². The number of fused-ring (bicyclic) bond motifs is 1. The van der Waals surface area contributed by atoms with Crippen molar-refractivity contribution in [3.8, 4) is 5.75 Å². The molecule has 2 N–H and O–H groups in total. The summed E-state index contributed by atoms with van der Waals surface area (Å²) in [6, 6.07) is 9.74. The number of hydrogen-bond acceptors (Lipinski definition) is 7. The molecule has 4 rings (SSSR count). The fourth-order valence-corrected chi connectivity index (χ4v) is 4.99. The average molecular weight is 493 g/mol. The van der Waals surface area contributed by atoms with Gasteiger partial charge in [-0.05, 0) is 36.4 Å². The number of thiazole rings is 1. The van der Waals surface area contributed by atoms with Crippen molar-refractivity contribution in [3.63, 3.8) is 0 Å². The van der Waals surface area contributed by atoms with Crippen molar-refractivity contribution in [2.24, 2.45) is 0 Å². The van der Waals surface area contributed by atoms with E-state index < -0.39 is 21.7 Å². The second-order valence-corrected chi connectivity index (χ2v) is 9.32. The number of sulfonamides is 1. The number of carbonyl (C=O) groups excluding carboxylic acids is 1. The van der Waals surface area contributed by atoms with Crippen LogP contribution < -0.4 is 14.8 Å². The lowest BCUT2D eigenvalue weighted by Gasteiger charge is -2.13. The van der Waals surface area contributed by atoms with E-state index in [0.717, 1.165) is 17.4 Å². The molecular formula is C20H14ClFN4O4S2. The first-order valence-electron chi connectivity index (χ1n) is 9.01. The summed E-state index contributed by atoms with van der Waals surface area (Å²) in [5.74, 6) is -0.890. The van der Waals surface area contributed by atoms with Crippen LogP contribution in [0.1, 0.15) is 0 Å².